The number of non-ortho nitro benzene ring substituents is 1. The lowest BCUT2D eigenvalue weighted by Gasteiger charge is -2.12. The van der Waals surface area contributed by atoms with Crippen LogP contribution in [0.15, 0.2) is 48.5 Å². The third-order valence-electron chi connectivity index (χ3n) is 2.98. The number of amides is 1. The number of carbonyl (C=O) groups is 1. The van der Waals surface area contributed by atoms with Gasteiger partial charge in [0.25, 0.3) is 11.6 Å². The lowest BCUT2D eigenvalue weighted by molar-refractivity contribution is -0.384. The SMILES string of the molecule is CN(C)c1ccc(C(=O)Nc2ccc([N+](=O)[O-])cc2)cc1. The van der Waals surface area contributed by atoms with Crippen LogP contribution in [0.3, 0.4) is 0 Å². The number of nitrogens with one attached hydrogen (secondary N) is 1. The molecule has 0 saturated carbocycles. The van der Waals surface area contributed by atoms with Crippen LogP contribution in [0.5, 0.6) is 0 Å². The first-order valence-electron chi connectivity index (χ1n) is 6.30. The zero-order chi connectivity index (χ0) is 15.4. The van der Waals surface area contributed by atoms with Gasteiger partial charge in [0.15, 0.2) is 0 Å². The Morgan fingerprint density at radius 2 is 1.62 bits per heavy atom. The van der Waals surface area contributed by atoms with Crippen LogP contribution >= 0.6 is 0 Å². The van der Waals surface area contributed by atoms with Crippen molar-refractivity contribution in [3.8, 4) is 0 Å². The van der Waals surface area contributed by atoms with E-state index in [2.05, 4.69) is 5.32 Å². The second-order valence-electron chi connectivity index (χ2n) is 4.70. The van der Waals surface area contributed by atoms with E-state index in [0.29, 0.717) is 11.3 Å². The molecule has 1 amide bonds. The molecule has 21 heavy (non-hydrogen) atoms. The molecule has 0 aliphatic rings. The summed E-state index contributed by atoms with van der Waals surface area (Å²) in [5.41, 5.74) is 2.03. The fourth-order valence-corrected chi connectivity index (χ4v) is 1.78. The van der Waals surface area contributed by atoms with E-state index in [-0.39, 0.29) is 11.6 Å². The number of carbonyl (C=O) groups excluding carboxylic acids is 1. The number of nitro benzene ring substituents is 1. The van der Waals surface area contributed by atoms with Crippen molar-refractivity contribution < 1.29 is 9.72 Å². The van der Waals surface area contributed by atoms with Gasteiger partial charge in [0.2, 0.25) is 0 Å². The summed E-state index contributed by atoms with van der Waals surface area (Å²) >= 11 is 0. The molecule has 0 saturated heterocycles. The van der Waals surface area contributed by atoms with Crippen molar-refractivity contribution in [2.24, 2.45) is 0 Å². The Morgan fingerprint density at radius 1 is 1.05 bits per heavy atom. The number of nitrogens with zero attached hydrogens (tertiary/aromatic N) is 2. The van der Waals surface area contributed by atoms with E-state index in [1.807, 2.05) is 31.1 Å². The van der Waals surface area contributed by atoms with E-state index < -0.39 is 4.92 Å². The van der Waals surface area contributed by atoms with E-state index in [1.54, 1.807) is 12.1 Å². The van der Waals surface area contributed by atoms with Gasteiger partial charge < -0.3 is 10.2 Å². The topological polar surface area (TPSA) is 75.5 Å². The fraction of sp³-hybridized carbons (Fsp3) is 0.133. The van der Waals surface area contributed by atoms with Crippen molar-refractivity contribution >= 4 is 23.0 Å². The summed E-state index contributed by atoms with van der Waals surface area (Å²) in [4.78, 5) is 24.1. The average Bonchev–Trinajstić information content (AvgIpc) is 2.47. The summed E-state index contributed by atoms with van der Waals surface area (Å²) < 4.78 is 0. The Balaban J connectivity index is 2.08. The quantitative estimate of drug-likeness (QED) is 0.692. The van der Waals surface area contributed by atoms with E-state index in [0.717, 1.165) is 5.69 Å². The molecule has 6 heteroatoms. The van der Waals surface area contributed by atoms with E-state index in [1.165, 1.54) is 24.3 Å². The van der Waals surface area contributed by atoms with Crippen molar-refractivity contribution in [3.05, 3.63) is 64.2 Å². The molecule has 2 aromatic rings. The first-order chi connectivity index (χ1) is 9.97. The zero-order valence-electron chi connectivity index (χ0n) is 11.7. The molecule has 0 aliphatic carbocycles. The first-order valence-corrected chi connectivity index (χ1v) is 6.30. The van der Waals surface area contributed by atoms with Crippen LogP contribution in [0, 0.1) is 10.1 Å². The molecule has 0 aromatic heterocycles. The second-order valence-corrected chi connectivity index (χ2v) is 4.70. The molecular weight excluding hydrogens is 270 g/mol. The first kappa shape index (κ1) is 14.5. The molecular formula is C15H15N3O3. The molecule has 6 nitrogen and oxygen atoms in total. The van der Waals surface area contributed by atoms with Crippen LogP contribution in [0.2, 0.25) is 0 Å². The molecule has 0 radical (unpaired) electrons. The van der Waals surface area contributed by atoms with Crippen LogP contribution in [-0.2, 0) is 0 Å². The number of rotatable bonds is 4. The van der Waals surface area contributed by atoms with Crippen LogP contribution in [0.4, 0.5) is 17.1 Å². The number of benzene rings is 2. The minimum Gasteiger partial charge on any atom is -0.378 e. The molecule has 2 rings (SSSR count). The number of hydrogen-bond acceptors (Lipinski definition) is 4. The monoisotopic (exact) mass is 285 g/mol. The maximum atomic E-state index is 12.1. The number of anilines is 2. The lowest BCUT2D eigenvalue weighted by atomic mass is 10.2. The Bertz CT molecular complexity index is 649. The van der Waals surface area contributed by atoms with E-state index in [9.17, 15) is 14.9 Å². The van der Waals surface area contributed by atoms with E-state index in [4.69, 9.17) is 0 Å². The molecule has 108 valence electrons. The zero-order valence-corrected chi connectivity index (χ0v) is 11.7. The predicted molar refractivity (Wildman–Crippen MR) is 81.8 cm³/mol. The normalized spacial score (nSPS) is 10.0. The largest absolute Gasteiger partial charge is 0.378 e. The highest BCUT2D eigenvalue weighted by Crippen LogP contribution is 2.17. The maximum absolute atomic E-state index is 12.1. The molecule has 0 aliphatic heterocycles. The van der Waals surface area contributed by atoms with Gasteiger partial charge >= 0.3 is 0 Å². The Labute approximate surface area is 122 Å². The minimum atomic E-state index is -0.481. The summed E-state index contributed by atoms with van der Waals surface area (Å²) in [6.07, 6.45) is 0. The second kappa shape index (κ2) is 6.04. The summed E-state index contributed by atoms with van der Waals surface area (Å²) in [6, 6.07) is 12.9. The Morgan fingerprint density at radius 3 is 2.10 bits per heavy atom. The van der Waals surface area contributed by atoms with Crippen molar-refractivity contribution in [1.29, 1.82) is 0 Å². The third kappa shape index (κ3) is 3.56. The van der Waals surface area contributed by atoms with Gasteiger partial charge in [0.05, 0.1) is 4.92 Å². The van der Waals surface area contributed by atoms with Gasteiger partial charge in [-0.15, -0.1) is 0 Å². The highest BCUT2D eigenvalue weighted by molar-refractivity contribution is 6.04. The smallest absolute Gasteiger partial charge is 0.269 e. The molecule has 0 heterocycles. The van der Waals surface area contributed by atoms with Gasteiger partial charge in [0, 0.05) is 43.2 Å². The van der Waals surface area contributed by atoms with Gasteiger partial charge in [-0.2, -0.15) is 0 Å². The van der Waals surface area contributed by atoms with Gasteiger partial charge in [-0.3, -0.25) is 14.9 Å². The lowest BCUT2D eigenvalue weighted by Crippen LogP contribution is -2.13. The maximum Gasteiger partial charge on any atom is 0.269 e. The van der Waals surface area contributed by atoms with Crippen LogP contribution < -0.4 is 10.2 Å². The van der Waals surface area contributed by atoms with Gasteiger partial charge in [0.1, 0.15) is 0 Å². The average molecular weight is 285 g/mol. The number of hydrogen-bond donors (Lipinski definition) is 1. The highest BCUT2D eigenvalue weighted by atomic mass is 16.6. The summed E-state index contributed by atoms with van der Waals surface area (Å²) in [6.45, 7) is 0. The van der Waals surface area contributed by atoms with Gasteiger partial charge in [-0.1, -0.05) is 0 Å². The molecule has 0 atom stereocenters. The third-order valence-corrected chi connectivity index (χ3v) is 2.98. The Kier molecular flexibility index (Phi) is 4.18. The van der Waals surface area contributed by atoms with Crippen LogP contribution in [0.1, 0.15) is 10.4 Å². The summed E-state index contributed by atoms with van der Waals surface area (Å²) in [7, 11) is 3.85. The summed E-state index contributed by atoms with van der Waals surface area (Å²) in [5, 5.41) is 13.3. The molecule has 0 fully saturated rings. The minimum absolute atomic E-state index is 0.0108. The Hall–Kier alpha value is -2.89. The fourth-order valence-electron chi connectivity index (χ4n) is 1.78. The van der Waals surface area contributed by atoms with Crippen molar-refractivity contribution in [1.82, 2.24) is 0 Å². The molecule has 2 aromatic carbocycles. The van der Waals surface area contributed by atoms with Gasteiger partial charge in [-0.25, -0.2) is 0 Å². The molecule has 1 N–H and O–H groups in total. The predicted octanol–water partition coefficient (Wildman–Crippen LogP) is 2.91. The molecule has 0 unspecified atom stereocenters. The van der Waals surface area contributed by atoms with Crippen molar-refractivity contribution in [3.63, 3.8) is 0 Å². The summed E-state index contributed by atoms with van der Waals surface area (Å²) in [5.74, 6) is -0.255. The van der Waals surface area contributed by atoms with E-state index >= 15 is 0 Å². The van der Waals surface area contributed by atoms with Crippen LogP contribution in [0.25, 0.3) is 0 Å². The highest BCUT2D eigenvalue weighted by Gasteiger charge is 2.08. The van der Waals surface area contributed by atoms with Crippen LogP contribution in [-0.4, -0.2) is 24.9 Å². The van der Waals surface area contributed by atoms with Crippen molar-refractivity contribution in [2.45, 2.75) is 0 Å². The van der Waals surface area contributed by atoms with Crippen molar-refractivity contribution in [2.75, 3.05) is 24.3 Å². The van der Waals surface area contributed by atoms with Gasteiger partial charge in [-0.05, 0) is 36.4 Å². The molecule has 0 spiro atoms. The molecule has 0 bridgehead atoms. The standard InChI is InChI=1S/C15H15N3O3/c1-17(2)13-7-3-11(4-8-13)15(19)16-12-5-9-14(10-6-12)18(20)21/h3-10H,1-2H3,(H,16,19). The number of nitro groups is 1.